The topological polar surface area (TPSA) is 54.4 Å². The molecule has 0 bridgehead atoms. The van der Waals surface area contributed by atoms with Crippen molar-refractivity contribution in [1.82, 2.24) is 0 Å². The largest absolute Gasteiger partial charge is 0.481 e. The Morgan fingerprint density at radius 1 is 1.26 bits per heavy atom. The molecule has 0 aromatic carbocycles. The van der Waals surface area contributed by atoms with Crippen molar-refractivity contribution in [2.45, 2.75) is 71.1 Å². The number of hydrogen-bond acceptors (Lipinski definition) is 3. The summed E-state index contributed by atoms with van der Waals surface area (Å²) in [5, 5.41) is 8.61. The summed E-state index contributed by atoms with van der Waals surface area (Å²) in [5.74, 6) is 2.81. The molecule has 132 valence electrons. The molecule has 0 aromatic rings. The first-order valence-corrected chi connectivity index (χ1v) is 10.3. The lowest BCUT2D eigenvalue weighted by molar-refractivity contribution is -0.137. The Bertz CT molecular complexity index is 379. The van der Waals surface area contributed by atoms with Gasteiger partial charge in [-0.1, -0.05) is 38.3 Å². The normalized spacial score (nSPS) is 21.3. The van der Waals surface area contributed by atoms with E-state index in [0.29, 0.717) is 11.7 Å². The van der Waals surface area contributed by atoms with Crippen LogP contribution in [0.15, 0.2) is 12.2 Å². The molecule has 1 aliphatic rings. The number of carbonyl (C=O) groups is 2. The molecular formula is C19H32O3S. The number of aliphatic carboxylic acids is 1. The van der Waals surface area contributed by atoms with E-state index in [2.05, 4.69) is 19.1 Å². The Hall–Kier alpha value is -0.770. The molecule has 0 spiro atoms. The molecule has 4 heteroatoms. The summed E-state index contributed by atoms with van der Waals surface area (Å²) in [4.78, 5) is 22.5. The monoisotopic (exact) mass is 340 g/mol. The third-order valence-electron chi connectivity index (χ3n) is 4.56. The lowest BCUT2D eigenvalue weighted by Gasteiger charge is -2.14. The van der Waals surface area contributed by atoms with E-state index in [-0.39, 0.29) is 12.3 Å². The van der Waals surface area contributed by atoms with E-state index in [4.69, 9.17) is 5.11 Å². The minimum atomic E-state index is -0.710. The van der Waals surface area contributed by atoms with Crippen LogP contribution in [0.1, 0.15) is 71.1 Å². The second kappa shape index (κ2) is 12.6. The van der Waals surface area contributed by atoms with Gasteiger partial charge in [0.2, 0.25) is 0 Å². The van der Waals surface area contributed by atoms with Gasteiger partial charge in [0.1, 0.15) is 5.78 Å². The molecule has 2 atom stereocenters. The Labute approximate surface area is 145 Å². The number of Topliss-reactive ketones (excluding diaryl/α,β-unsaturated/α-hetero) is 1. The molecule has 0 saturated heterocycles. The maximum absolute atomic E-state index is 12.1. The van der Waals surface area contributed by atoms with E-state index in [1.807, 2.05) is 11.8 Å². The Morgan fingerprint density at radius 3 is 2.78 bits per heavy atom. The Kier molecular flexibility index (Phi) is 11.1. The van der Waals surface area contributed by atoms with Crippen molar-refractivity contribution >= 4 is 23.5 Å². The number of carboxylic acid groups (broad SMARTS) is 1. The van der Waals surface area contributed by atoms with Crippen LogP contribution in [0.25, 0.3) is 0 Å². The van der Waals surface area contributed by atoms with Gasteiger partial charge in [0.25, 0.3) is 0 Å². The van der Waals surface area contributed by atoms with Crippen LogP contribution in [0.3, 0.4) is 0 Å². The zero-order valence-electron chi connectivity index (χ0n) is 14.5. The summed E-state index contributed by atoms with van der Waals surface area (Å²) in [7, 11) is 0. The van der Waals surface area contributed by atoms with Crippen molar-refractivity contribution in [3.63, 3.8) is 0 Å². The molecule has 0 unspecified atom stereocenters. The fourth-order valence-corrected chi connectivity index (χ4v) is 3.91. The SMILES string of the molecule is CCSCCCC=C[C@H]1CCC(=O)[C@@H]1CCCCCCC(=O)O. The minimum Gasteiger partial charge on any atom is -0.481 e. The van der Waals surface area contributed by atoms with Crippen LogP contribution < -0.4 is 0 Å². The number of carboxylic acids is 1. The number of allylic oxidation sites excluding steroid dienone is 2. The molecule has 3 nitrogen and oxygen atoms in total. The maximum atomic E-state index is 12.1. The average molecular weight is 341 g/mol. The summed E-state index contributed by atoms with van der Waals surface area (Å²) in [6.07, 6.45) is 13.7. The van der Waals surface area contributed by atoms with Gasteiger partial charge >= 0.3 is 5.97 Å². The van der Waals surface area contributed by atoms with Crippen LogP contribution in [0.2, 0.25) is 0 Å². The van der Waals surface area contributed by atoms with E-state index in [1.165, 1.54) is 17.9 Å². The quantitative estimate of drug-likeness (QED) is 0.374. The Balaban J connectivity index is 2.19. The predicted octanol–water partition coefficient (Wildman–Crippen LogP) is 5.10. The summed E-state index contributed by atoms with van der Waals surface area (Å²) in [6.45, 7) is 2.19. The van der Waals surface area contributed by atoms with Gasteiger partial charge in [-0.25, -0.2) is 0 Å². The van der Waals surface area contributed by atoms with E-state index in [0.717, 1.165) is 51.4 Å². The van der Waals surface area contributed by atoms with Crippen LogP contribution in [0.5, 0.6) is 0 Å². The molecule has 0 aromatic heterocycles. The van der Waals surface area contributed by atoms with Crippen molar-refractivity contribution in [3.8, 4) is 0 Å². The fraction of sp³-hybridized carbons (Fsp3) is 0.789. The molecule has 1 rings (SSSR count). The van der Waals surface area contributed by atoms with Crippen molar-refractivity contribution in [3.05, 3.63) is 12.2 Å². The van der Waals surface area contributed by atoms with Gasteiger partial charge in [-0.15, -0.1) is 0 Å². The summed E-state index contributed by atoms with van der Waals surface area (Å²) in [5.41, 5.74) is 0. The van der Waals surface area contributed by atoms with Gasteiger partial charge in [-0.2, -0.15) is 11.8 Å². The highest BCUT2D eigenvalue weighted by Crippen LogP contribution is 2.34. The zero-order valence-corrected chi connectivity index (χ0v) is 15.3. The highest BCUT2D eigenvalue weighted by molar-refractivity contribution is 7.99. The molecule has 1 saturated carbocycles. The number of unbranched alkanes of at least 4 members (excludes halogenated alkanes) is 4. The maximum Gasteiger partial charge on any atom is 0.303 e. The second-order valence-corrected chi connectivity index (χ2v) is 7.78. The number of thioether (sulfide) groups is 1. The molecule has 0 heterocycles. The fourth-order valence-electron chi connectivity index (χ4n) is 3.25. The number of hydrogen-bond donors (Lipinski definition) is 1. The number of carbonyl (C=O) groups excluding carboxylic acids is 1. The van der Waals surface area contributed by atoms with E-state index >= 15 is 0 Å². The minimum absolute atomic E-state index is 0.218. The highest BCUT2D eigenvalue weighted by atomic mass is 32.2. The second-order valence-electron chi connectivity index (χ2n) is 6.39. The van der Waals surface area contributed by atoms with Crippen molar-refractivity contribution in [1.29, 1.82) is 0 Å². The van der Waals surface area contributed by atoms with Gasteiger partial charge in [0, 0.05) is 18.8 Å². The van der Waals surface area contributed by atoms with Crippen LogP contribution in [-0.4, -0.2) is 28.4 Å². The molecule has 0 amide bonds. The molecule has 23 heavy (non-hydrogen) atoms. The van der Waals surface area contributed by atoms with Gasteiger partial charge in [-0.05, 0) is 49.5 Å². The average Bonchev–Trinajstić information content (AvgIpc) is 2.86. The van der Waals surface area contributed by atoms with Crippen LogP contribution in [0, 0.1) is 11.8 Å². The molecule has 1 aliphatic carbocycles. The third kappa shape index (κ3) is 9.19. The lowest BCUT2D eigenvalue weighted by Crippen LogP contribution is -2.13. The Morgan fingerprint density at radius 2 is 2.04 bits per heavy atom. The van der Waals surface area contributed by atoms with Crippen molar-refractivity contribution < 1.29 is 14.7 Å². The third-order valence-corrected chi connectivity index (χ3v) is 5.54. The lowest BCUT2D eigenvalue weighted by atomic mass is 9.89. The summed E-state index contributed by atoms with van der Waals surface area (Å²) < 4.78 is 0. The van der Waals surface area contributed by atoms with Gasteiger partial charge in [0.15, 0.2) is 0 Å². The summed E-state index contributed by atoms with van der Waals surface area (Å²) in [6, 6.07) is 0. The predicted molar refractivity (Wildman–Crippen MR) is 97.9 cm³/mol. The number of ketones is 1. The van der Waals surface area contributed by atoms with Crippen molar-refractivity contribution in [2.24, 2.45) is 11.8 Å². The molecule has 1 fully saturated rings. The van der Waals surface area contributed by atoms with Crippen LogP contribution in [0.4, 0.5) is 0 Å². The zero-order chi connectivity index (χ0) is 16.9. The van der Waals surface area contributed by atoms with Gasteiger partial charge < -0.3 is 5.11 Å². The van der Waals surface area contributed by atoms with E-state index < -0.39 is 5.97 Å². The van der Waals surface area contributed by atoms with Crippen LogP contribution in [-0.2, 0) is 9.59 Å². The number of rotatable bonds is 13. The smallest absolute Gasteiger partial charge is 0.303 e. The first-order valence-electron chi connectivity index (χ1n) is 9.14. The molecule has 0 aliphatic heterocycles. The van der Waals surface area contributed by atoms with E-state index in [9.17, 15) is 9.59 Å². The van der Waals surface area contributed by atoms with Gasteiger partial charge in [0.05, 0.1) is 0 Å². The van der Waals surface area contributed by atoms with E-state index in [1.54, 1.807) is 0 Å². The molecule has 0 radical (unpaired) electrons. The summed E-state index contributed by atoms with van der Waals surface area (Å²) >= 11 is 1.99. The highest BCUT2D eigenvalue weighted by Gasteiger charge is 2.31. The molecule has 1 N–H and O–H groups in total. The van der Waals surface area contributed by atoms with Crippen LogP contribution >= 0.6 is 11.8 Å². The van der Waals surface area contributed by atoms with Crippen molar-refractivity contribution in [2.75, 3.05) is 11.5 Å². The first kappa shape index (κ1) is 20.3. The standard InChI is InChI=1S/C19H32O3S/c1-2-23-15-9-5-6-10-16-13-14-18(20)17(16)11-7-3-4-8-12-19(21)22/h6,10,16-17H,2-5,7-9,11-15H2,1H3,(H,21,22)/t16-,17+/m0/s1. The first-order chi connectivity index (χ1) is 11.1. The van der Waals surface area contributed by atoms with Gasteiger partial charge in [-0.3, -0.25) is 9.59 Å². The molecular weight excluding hydrogens is 308 g/mol.